The second kappa shape index (κ2) is 23.7. The molecule has 36 heavy (non-hydrogen) atoms. The van der Waals surface area contributed by atoms with Gasteiger partial charge in [0.05, 0.1) is 11.5 Å². The molecule has 0 bridgehead atoms. The topological polar surface area (TPSA) is 107 Å². The number of primary amides is 1. The molecular formula is C28H57N3O4S. The van der Waals surface area contributed by atoms with Gasteiger partial charge in [-0.25, -0.2) is 0 Å². The first-order valence-corrected chi connectivity index (χ1v) is 14.2. The number of hydrogen-bond acceptors (Lipinski definition) is 6. The van der Waals surface area contributed by atoms with Gasteiger partial charge in [-0.05, 0) is 62.8 Å². The molecular weight excluding hydrogens is 474 g/mol. The Kier molecular flexibility index (Phi) is 25.5. The first-order chi connectivity index (χ1) is 16.8. The molecule has 0 saturated carbocycles. The van der Waals surface area contributed by atoms with Crippen molar-refractivity contribution in [3.63, 3.8) is 0 Å². The summed E-state index contributed by atoms with van der Waals surface area (Å²) in [5, 5.41) is 6.37. The van der Waals surface area contributed by atoms with Crippen molar-refractivity contribution in [2.45, 2.75) is 121 Å². The molecule has 0 aliphatic rings. The third-order valence-corrected chi connectivity index (χ3v) is 5.22. The fourth-order valence-corrected chi connectivity index (χ4v) is 2.86. The Morgan fingerprint density at radius 3 is 2.03 bits per heavy atom. The summed E-state index contributed by atoms with van der Waals surface area (Å²) >= 11 is 4.09. The smallest absolute Gasteiger partial charge is 0.290 e. The summed E-state index contributed by atoms with van der Waals surface area (Å²) in [7, 11) is 0. The number of rotatable bonds is 13. The van der Waals surface area contributed by atoms with Crippen LogP contribution in [0.15, 0.2) is 10.6 Å². The van der Waals surface area contributed by atoms with Gasteiger partial charge in [0, 0.05) is 6.04 Å². The van der Waals surface area contributed by atoms with Crippen LogP contribution in [0, 0.1) is 17.3 Å². The van der Waals surface area contributed by atoms with Crippen LogP contribution in [0.1, 0.15) is 125 Å². The molecule has 7 nitrogen and oxygen atoms in total. The summed E-state index contributed by atoms with van der Waals surface area (Å²) in [6.45, 7) is 22.5. The second-order valence-electron chi connectivity index (χ2n) is 10.2. The second-order valence-corrected chi connectivity index (χ2v) is 10.6. The zero-order valence-corrected chi connectivity index (χ0v) is 26.0. The number of nitrogens with one attached hydrogen (secondary N) is 1. The van der Waals surface area contributed by atoms with E-state index >= 15 is 0 Å². The minimum Gasteiger partial charge on any atom is -0.474 e. The average molecular weight is 532 g/mol. The number of unbranched alkanes of at least 4 members (excludes halogenated alkanes) is 3. The molecule has 1 rings (SSSR count). The molecule has 8 heteroatoms. The lowest BCUT2D eigenvalue weighted by Crippen LogP contribution is -2.36. The van der Waals surface area contributed by atoms with E-state index in [4.69, 9.17) is 15.0 Å². The van der Waals surface area contributed by atoms with Crippen molar-refractivity contribution in [1.82, 2.24) is 10.5 Å². The fraction of sp³-hybridized carbons (Fsp3) is 0.821. The SMILES string of the molecule is CC.CC(C)CC(C)C.CCC(C)NC(=O)c1cc(OCC(C)(C)C(N)=O)no1.CCCCCCS. The lowest BCUT2D eigenvalue weighted by Gasteiger charge is -2.19. The molecule has 1 atom stereocenters. The van der Waals surface area contributed by atoms with Gasteiger partial charge in [-0.15, -0.1) is 0 Å². The first-order valence-electron chi connectivity index (χ1n) is 13.6. The Morgan fingerprint density at radius 1 is 1.08 bits per heavy atom. The molecule has 1 heterocycles. The third-order valence-electron chi connectivity index (χ3n) is 4.90. The van der Waals surface area contributed by atoms with Crippen molar-refractivity contribution >= 4 is 24.4 Å². The van der Waals surface area contributed by atoms with E-state index in [-0.39, 0.29) is 30.2 Å². The maximum Gasteiger partial charge on any atom is 0.290 e. The van der Waals surface area contributed by atoms with E-state index in [2.05, 4.69) is 57.7 Å². The van der Waals surface area contributed by atoms with Gasteiger partial charge in [0.15, 0.2) is 0 Å². The van der Waals surface area contributed by atoms with Crippen LogP contribution in [-0.2, 0) is 4.79 Å². The molecule has 0 aromatic carbocycles. The van der Waals surface area contributed by atoms with Crippen LogP contribution < -0.4 is 15.8 Å². The van der Waals surface area contributed by atoms with Gasteiger partial charge < -0.3 is 20.3 Å². The highest BCUT2D eigenvalue weighted by Gasteiger charge is 2.27. The van der Waals surface area contributed by atoms with Crippen molar-refractivity contribution < 1.29 is 18.8 Å². The maximum absolute atomic E-state index is 11.8. The normalized spacial score (nSPS) is 11.3. The quantitative estimate of drug-likeness (QED) is 0.183. The minimum atomic E-state index is -0.821. The highest BCUT2D eigenvalue weighted by molar-refractivity contribution is 7.80. The number of carbonyl (C=O) groups is 2. The monoisotopic (exact) mass is 531 g/mol. The number of thiol groups is 1. The highest BCUT2D eigenvalue weighted by atomic mass is 32.1. The van der Waals surface area contributed by atoms with Gasteiger partial charge in [0.2, 0.25) is 11.7 Å². The lowest BCUT2D eigenvalue weighted by atomic mass is 9.94. The summed E-state index contributed by atoms with van der Waals surface area (Å²) in [6, 6.07) is 1.43. The van der Waals surface area contributed by atoms with Gasteiger partial charge in [0.25, 0.3) is 11.8 Å². The van der Waals surface area contributed by atoms with Crippen molar-refractivity contribution in [2.24, 2.45) is 23.0 Å². The van der Waals surface area contributed by atoms with E-state index in [0.717, 1.165) is 24.0 Å². The zero-order valence-electron chi connectivity index (χ0n) is 25.1. The number of ether oxygens (including phenoxy) is 1. The Hall–Kier alpha value is -1.70. The summed E-state index contributed by atoms with van der Waals surface area (Å²) in [4.78, 5) is 22.9. The molecule has 2 amide bonds. The molecule has 214 valence electrons. The number of nitrogens with two attached hydrogens (primary N) is 1. The Labute approximate surface area is 227 Å². The summed E-state index contributed by atoms with van der Waals surface area (Å²) in [6.07, 6.45) is 7.53. The Balaban J connectivity index is -0.000000559. The van der Waals surface area contributed by atoms with Crippen LogP contribution in [0.25, 0.3) is 0 Å². The van der Waals surface area contributed by atoms with E-state index in [9.17, 15) is 9.59 Å². The van der Waals surface area contributed by atoms with Crippen molar-refractivity contribution in [3.8, 4) is 5.88 Å². The van der Waals surface area contributed by atoms with E-state index < -0.39 is 11.3 Å². The predicted molar refractivity (Wildman–Crippen MR) is 156 cm³/mol. The van der Waals surface area contributed by atoms with Crippen LogP contribution in [0.3, 0.4) is 0 Å². The summed E-state index contributed by atoms with van der Waals surface area (Å²) < 4.78 is 10.2. The number of hydrogen-bond donors (Lipinski definition) is 3. The molecule has 0 radical (unpaired) electrons. The fourth-order valence-electron chi connectivity index (χ4n) is 2.64. The van der Waals surface area contributed by atoms with Crippen LogP contribution in [-0.4, -0.2) is 35.4 Å². The number of carbonyl (C=O) groups excluding carboxylic acids is 2. The van der Waals surface area contributed by atoms with Crippen molar-refractivity contribution in [1.29, 1.82) is 0 Å². The minimum absolute atomic E-state index is 0.0470. The van der Waals surface area contributed by atoms with Crippen molar-refractivity contribution in [3.05, 3.63) is 11.8 Å². The van der Waals surface area contributed by atoms with E-state index in [1.54, 1.807) is 13.8 Å². The maximum atomic E-state index is 11.8. The van der Waals surface area contributed by atoms with Gasteiger partial charge in [-0.3, -0.25) is 9.59 Å². The summed E-state index contributed by atoms with van der Waals surface area (Å²) in [5.74, 6) is 2.19. The molecule has 0 fully saturated rings. The molecule has 0 aliphatic carbocycles. The lowest BCUT2D eigenvalue weighted by molar-refractivity contribution is -0.127. The van der Waals surface area contributed by atoms with Gasteiger partial charge in [0.1, 0.15) is 6.61 Å². The largest absolute Gasteiger partial charge is 0.474 e. The molecule has 1 unspecified atom stereocenters. The molecule has 0 saturated heterocycles. The van der Waals surface area contributed by atoms with E-state index in [0.29, 0.717) is 0 Å². The molecule has 3 N–H and O–H groups in total. The van der Waals surface area contributed by atoms with E-state index in [1.165, 1.54) is 38.2 Å². The van der Waals surface area contributed by atoms with Crippen molar-refractivity contribution in [2.75, 3.05) is 12.4 Å². The molecule has 0 aliphatic heterocycles. The van der Waals surface area contributed by atoms with E-state index in [1.807, 2.05) is 27.7 Å². The Morgan fingerprint density at radius 2 is 1.64 bits per heavy atom. The van der Waals surface area contributed by atoms with Crippen LogP contribution in [0.4, 0.5) is 0 Å². The number of aromatic nitrogens is 1. The Bertz CT molecular complexity index is 651. The van der Waals surface area contributed by atoms with Gasteiger partial charge in [-0.2, -0.15) is 12.6 Å². The standard InChI is InChI=1S/C13H21N3O4.C7H16.C6H14S.C2H6/c1-5-8(2)15-11(17)9-6-10(16-20-9)19-7-13(3,4)12(14)18;1-6(2)5-7(3)4;1-2-3-4-5-6-7;1-2/h6,8H,5,7H2,1-4H3,(H2,14,18)(H,15,17);6-7H,5H2,1-4H3;7H,2-6H2,1H3;1-2H3. The summed E-state index contributed by atoms with van der Waals surface area (Å²) in [5.41, 5.74) is 4.41. The molecule has 0 spiro atoms. The number of amides is 2. The number of nitrogens with zero attached hydrogens (tertiary/aromatic N) is 1. The predicted octanol–water partition coefficient (Wildman–Crippen LogP) is 7.30. The van der Waals surface area contributed by atoms with Gasteiger partial charge in [-0.1, -0.05) is 74.7 Å². The highest BCUT2D eigenvalue weighted by Crippen LogP contribution is 2.18. The third kappa shape index (κ3) is 22.7. The average Bonchev–Trinajstić information content (AvgIpc) is 3.29. The van der Waals surface area contributed by atoms with Crippen LogP contribution in [0.5, 0.6) is 5.88 Å². The van der Waals surface area contributed by atoms with Crippen LogP contribution >= 0.6 is 12.6 Å². The molecule has 1 aromatic rings. The van der Waals surface area contributed by atoms with Crippen LogP contribution in [0.2, 0.25) is 0 Å². The zero-order chi connectivity index (χ0) is 28.7. The molecule has 1 aromatic heterocycles. The van der Waals surface area contributed by atoms with Gasteiger partial charge >= 0.3 is 0 Å². The first kappa shape index (κ1) is 38.8.